The predicted molar refractivity (Wildman–Crippen MR) is 211 cm³/mol. The zero-order valence-electron chi connectivity index (χ0n) is 32.7. The minimum atomic E-state index is -1.82. The monoisotopic (exact) mass is 828 g/mol. The van der Waals surface area contributed by atoms with Gasteiger partial charge in [0.15, 0.2) is 34.9 Å². The lowest BCUT2D eigenvalue weighted by molar-refractivity contribution is 0.000679. The second-order valence-electron chi connectivity index (χ2n) is 15.1. The van der Waals surface area contributed by atoms with Gasteiger partial charge in [-0.05, 0) is 48.7 Å². The summed E-state index contributed by atoms with van der Waals surface area (Å²) in [5.74, 6) is -9.02. The third-order valence-electron chi connectivity index (χ3n) is 11.5. The number of benzene rings is 5. The number of aromatic hydroxyl groups is 10. The molecule has 5 aromatic rings. The molecule has 0 radical (unpaired) electrons. The van der Waals surface area contributed by atoms with Crippen molar-refractivity contribution >= 4 is 5.78 Å². The van der Waals surface area contributed by atoms with E-state index in [0.717, 1.165) is 30.3 Å². The summed E-state index contributed by atoms with van der Waals surface area (Å²) >= 11 is 0. The first-order chi connectivity index (χ1) is 28.4. The lowest BCUT2D eigenvalue weighted by atomic mass is 9.76. The Bertz CT molecular complexity index is 2550. The largest absolute Gasteiger partial charge is 0.507 e. The Morgan fingerprint density at radius 2 is 1.25 bits per heavy atom. The summed E-state index contributed by atoms with van der Waals surface area (Å²) in [6.45, 7) is 4.90. The second kappa shape index (κ2) is 15.4. The molecule has 0 amide bonds. The number of rotatable bonds is 9. The molecule has 7 rings (SSSR count). The van der Waals surface area contributed by atoms with Crippen LogP contribution in [-0.2, 0) is 12.8 Å². The summed E-state index contributed by atoms with van der Waals surface area (Å²) in [5, 5.41) is 134. The molecule has 2 heterocycles. The van der Waals surface area contributed by atoms with Crippen LogP contribution < -0.4 is 14.2 Å². The molecule has 0 saturated carbocycles. The van der Waals surface area contributed by atoms with Gasteiger partial charge < -0.3 is 75.5 Å². The van der Waals surface area contributed by atoms with Crippen molar-refractivity contribution < 1.29 is 80.3 Å². The van der Waals surface area contributed by atoms with E-state index in [1.54, 1.807) is 13.8 Å². The smallest absolute Gasteiger partial charge is 0.173 e. The molecule has 0 fully saturated rings. The summed E-state index contributed by atoms with van der Waals surface area (Å²) in [6, 6.07) is 9.09. The minimum absolute atomic E-state index is 0.0193. The average molecular weight is 829 g/mol. The number of fused-ring (bicyclic) bond motifs is 2. The van der Waals surface area contributed by atoms with E-state index in [0.29, 0.717) is 6.42 Å². The zero-order chi connectivity index (χ0) is 43.6. The molecule has 12 N–H and O–H groups in total. The molecule has 6 atom stereocenters. The summed E-state index contributed by atoms with van der Waals surface area (Å²) in [4.78, 5) is 13.6. The number of ether oxygens (including phenoxy) is 3. The molecular formula is C44H44O16. The lowest BCUT2D eigenvalue weighted by Crippen LogP contribution is -2.37. The second-order valence-corrected chi connectivity index (χ2v) is 15.1. The van der Waals surface area contributed by atoms with Gasteiger partial charge in [-0.25, -0.2) is 0 Å². The van der Waals surface area contributed by atoms with Crippen LogP contribution in [0.5, 0.6) is 74.7 Å². The number of Topliss-reactive ketones (excluding diaryl/α,β-unsaturated/α-hetero) is 1. The van der Waals surface area contributed by atoms with E-state index in [2.05, 4.69) is 0 Å². The molecule has 5 aromatic carbocycles. The topological polar surface area (TPSA) is 288 Å². The van der Waals surface area contributed by atoms with Gasteiger partial charge in [-0.3, -0.25) is 4.79 Å². The SMILES string of the molecule is CCC(C)C(=O)c1c(O)c(Cc2c(O)cc(O)c3c2O[C@H](c2ccc(O)c(O)c2)[C@@H](O)[C@@H]3c2c(O)cc(O)c3c2O[C@H](c2ccc(O)c(O)c2)[C@H](O)C3)c(O)c(C)c1OC. The number of phenolic OH excluding ortho intramolecular Hbond substituents is 10. The average Bonchev–Trinajstić information content (AvgIpc) is 3.20. The fourth-order valence-electron chi connectivity index (χ4n) is 8.14. The molecule has 0 aromatic heterocycles. The van der Waals surface area contributed by atoms with Crippen molar-refractivity contribution in [3.8, 4) is 74.7 Å². The van der Waals surface area contributed by atoms with Gasteiger partial charge in [0.1, 0.15) is 69.5 Å². The number of phenols is 10. The summed E-state index contributed by atoms with van der Waals surface area (Å²) in [5.41, 5.74) is -0.845. The van der Waals surface area contributed by atoms with Gasteiger partial charge in [-0.2, -0.15) is 0 Å². The summed E-state index contributed by atoms with van der Waals surface area (Å²) in [7, 11) is 1.27. The Kier molecular flexibility index (Phi) is 10.6. The van der Waals surface area contributed by atoms with Crippen molar-refractivity contribution in [3.63, 3.8) is 0 Å². The fourth-order valence-corrected chi connectivity index (χ4v) is 8.14. The molecule has 0 aliphatic carbocycles. The van der Waals surface area contributed by atoms with Crippen molar-refractivity contribution in [2.75, 3.05) is 7.11 Å². The Morgan fingerprint density at radius 3 is 1.82 bits per heavy atom. The maximum absolute atomic E-state index is 13.6. The summed E-state index contributed by atoms with van der Waals surface area (Å²) in [6.07, 6.45) is -6.45. The van der Waals surface area contributed by atoms with E-state index in [1.807, 2.05) is 0 Å². The normalized spacial score (nSPS) is 20.0. The molecule has 0 spiro atoms. The number of methoxy groups -OCH3 is 1. The van der Waals surface area contributed by atoms with Crippen molar-refractivity contribution in [3.05, 3.63) is 98.6 Å². The van der Waals surface area contributed by atoms with Crippen LogP contribution in [-0.4, -0.2) is 86.4 Å². The molecule has 0 saturated heterocycles. The van der Waals surface area contributed by atoms with Gasteiger partial charge in [-0.15, -0.1) is 0 Å². The van der Waals surface area contributed by atoms with E-state index >= 15 is 0 Å². The molecule has 16 nitrogen and oxygen atoms in total. The molecule has 2 aliphatic rings. The molecule has 316 valence electrons. The number of hydrogen-bond acceptors (Lipinski definition) is 16. The van der Waals surface area contributed by atoms with Crippen LogP contribution in [0.3, 0.4) is 0 Å². The number of aliphatic hydroxyl groups excluding tert-OH is 2. The van der Waals surface area contributed by atoms with E-state index in [1.165, 1.54) is 32.2 Å². The van der Waals surface area contributed by atoms with Crippen LogP contribution in [0.25, 0.3) is 0 Å². The van der Waals surface area contributed by atoms with Gasteiger partial charge in [0.2, 0.25) is 0 Å². The van der Waals surface area contributed by atoms with Crippen molar-refractivity contribution in [2.24, 2.45) is 5.92 Å². The molecule has 16 heteroatoms. The van der Waals surface area contributed by atoms with Crippen molar-refractivity contribution in [1.82, 2.24) is 0 Å². The maximum atomic E-state index is 13.6. The highest BCUT2D eigenvalue weighted by Crippen LogP contribution is 2.59. The number of ketones is 1. The zero-order valence-corrected chi connectivity index (χ0v) is 32.7. The van der Waals surface area contributed by atoms with E-state index < -0.39 is 106 Å². The van der Waals surface area contributed by atoms with Crippen molar-refractivity contribution in [1.29, 1.82) is 0 Å². The Hall–Kier alpha value is -6.91. The molecular weight excluding hydrogens is 784 g/mol. The minimum Gasteiger partial charge on any atom is -0.507 e. The van der Waals surface area contributed by atoms with Gasteiger partial charge >= 0.3 is 0 Å². The highest BCUT2D eigenvalue weighted by atomic mass is 16.5. The van der Waals surface area contributed by atoms with Gasteiger partial charge in [0.25, 0.3) is 0 Å². The Balaban J connectivity index is 1.49. The number of aliphatic hydroxyl groups is 2. The fraction of sp³-hybridized carbons (Fsp3) is 0.295. The Morgan fingerprint density at radius 1 is 0.700 bits per heavy atom. The third kappa shape index (κ3) is 6.63. The highest BCUT2D eigenvalue weighted by Gasteiger charge is 2.47. The van der Waals surface area contributed by atoms with Crippen LogP contribution in [0.2, 0.25) is 0 Å². The maximum Gasteiger partial charge on any atom is 0.173 e. The van der Waals surface area contributed by atoms with Crippen LogP contribution in [0, 0.1) is 12.8 Å². The summed E-state index contributed by atoms with van der Waals surface area (Å²) < 4.78 is 18.1. The molecule has 1 unspecified atom stereocenters. The van der Waals surface area contributed by atoms with Gasteiger partial charge in [0, 0.05) is 64.3 Å². The first kappa shape index (κ1) is 41.3. The van der Waals surface area contributed by atoms with E-state index in [4.69, 9.17) is 14.2 Å². The van der Waals surface area contributed by atoms with E-state index in [-0.39, 0.29) is 73.7 Å². The molecule has 0 bridgehead atoms. The lowest BCUT2D eigenvalue weighted by Gasteiger charge is -2.41. The van der Waals surface area contributed by atoms with Gasteiger partial charge in [-0.1, -0.05) is 26.0 Å². The van der Waals surface area contributed by atoms with Crippen molar-refractivity contribution in [2.45, 2.75) is 70.4 Å². The Labute approximate surface area is 342 Å². The highest BCUT2D eigenvalue weighted by molar-refractivity contribution is 6.04. The number of carbonyl (C=O) groups is 1. The van der Waals surface area contributed by atoms with Crippen LogP contribution >= 0.6 is 0 Å². The molecule has 2 aliphatic heterocycles. The first-order valence-electron chi connectivity index (χ1n) is 18.9. The number of carbonyl (C=O) groups excluding carboxylic acids is 1. The molecule has 60 heavy (non-hydrogen) atoms. The first-order valence-corrected chi connectivity index (χ1v) is 18.9. The predicted octanol–water partition coefficient (Wildman–Crippen LogP) is 5.54. The van der Waals surface area contributed by atoms with Crippen LogP contribution in [0.15, 0.2) is 48.5 Å². The van der Waals surface area contributed by atoms with Crippen LogP contribution in [0.1, 0.15) is 93.3 Å². The standard InChI is InChI=1S/C44H44O16/c1-5-16(2)36(54)35-38(56)22(37(55)17(3)40(35)58-4)12-20-25(47)14-29(51)32-34(39(57)42(60-43(20)32)19-7-9-24(46)28(50)11-19)33-30(52)15-26(48)21-13-31(53)41(59-44(21)33)18-6-8-23(45)27(49)10-18/h6-11,14-16,31,34,39,41-42,45-53,55-57H,5,12-13H2,1-4H3/t16?,31-,34+,39+,41-,42-/m1/s1. The number of hydrogen-bond donors (Lipinski definition) is 12. The quantitative estimate of drug-likeness (QED) is 0.0641. The van der Waals surface area contributed by atoms with Crippen LogP contribution in [0.4, 0.5) is 0 Å². The van der Waals surface area contributed by atoms with Gasteiger partial charge in [0.05, 0.1) is 19.1 Å². The third-order valence-corrected chi connectivity index (χ3v) is 11.5. The van der Waals surface area contributed by atoms with E-state index in [9.17, 15) is 66.1 Å².